The SMILES string of the molecule is COC(=O)C1c2cc(Br)ccc2CCN1C(=O)c1cc(S(=O)(=O)N2CCc3ccccc3C2)ccc1Cl. The molecule has 0 bridgehead atoms. The Morgan fingerprint density at radius 2 is 1.70 bits per heavy atom. The monoisotopic (exact) mass is 602 g/mol. The van der Waals surface area contributed by atoms with Gasteiger partial charge in [-0.3, -0.25) is 4.79 Å². The fraction of sp³-hybridized carbons (Fsp3) is 0.259. The summed E-state index contributed by atoms with van der Waals surface area (Å²) in [6.45, 7) is 0.851. The topological polar surface area (TPSA) is 84.0 Å². The lowest BCUT2D eigenvalue weighted by Crippen LogP contribution is -2.44. The maximum absolute atomic E-state index is 13.8. The van der Waals surface area contributed by atoms with Gasteiger partial charge in [-0.25, -0.2) is 13.2 Å². The van der Waals surface area contributed by atoms with Crippen LogP contribution in [0.5, 0.6) is 0 Å². The molecule has 2 aliphatic rings. The molecule has 0 spiro atoms. The summed E-state index contributed by atoms with van der Waals surface area (Å²) in [5, 5.41) is 0.108. The Labute approximate surface area is 229 Å². The molecule has 0 N–H and O–H groups in total. The molecule has 1 unspecified atom stereocenters. The first-order chi connectivity index (χ1) is 17.7. The summed E-state index contributed by atoms with van der Waals surface area (Å²) in [6, 6.07) is 16.5. The van der Waals surface area contributed by atoms with Crippen LogP contribution in [0.4, 0.5) is 0 Å². The molecule has 2 aliphatic heterocycles. The molecule has 37 heavy (non-hydrogen) atoms. The Kier molecular flexibility index (Phi) is 7.15. The second-order valence-corrected chi connectivity index (χ2v) is 12.3. The van der Waals surface area contributed by atoms with Crippen LogP contribution < -0.4 is 0 Å². The minimum absolute atomic E-state index is 0.0191. The number of methoxy groups -OCH3 is 1. The van der Waals surface area contributed by atoms with E-state index >= 15 is 0 Å². The van der Waals surface area contributed by atoms with E-state index in [0.717, 1.165) is 21.2 Å². The lowest BCUT2D eigenvalue weighted by Gasteiger charge is -2.36. The molecule has 0 radical (unpaired) electrons. The van der Waals surface area contributed by atoms with Crippen molar-refractivity contribution < 1.29 is 22.7 Å². The predicted octanol–water partition coefficient (Wildman–Crippen LogP) is 4.76. The summed E-state index contributed by atoms with van der Waals surface area (Å²) in [6.07, 6.45) is 1.14. The van der Waals surface area contributed by atoms with E-state index in [1.807, 2.05) is 36.4 Å². The van der Waals surface area contributed by atoms with E-state index in [1.54, 1.807) is 6.07 Å². The molecule has 3 aromatic carbocycles. The third-order valence-electron chi connectivity index (χ3n) is 6.92. The fourth-order valence-corrected chi connectivity index (χ4v) is 7.00. The predicted molar refractivity (Wildman–Crippen MR) is 143 cm³/mol. The van der Waals surface area contributed by atoms with Crippen molar-refractivity contribution in [3.8, 4) is 0 Å². The van der Waals surface area contributed by atoms with E-state index < -0.39 is 27.9 Å². The first-order valence-electron chi connectivity index (χ1n) is 11.7. The number of benzene rings is 3. The van der Waals surface area contributed by atoms with Gasteiger partial charge in [-0.15, -0.1) is 0 Å². The number of halogens is 2. The number of nitrogens with zero attached hydrogens (tertiary/aromatic N) is 2. The number of amides is 1. The normalized spacial score (nSPS) is 17.6. The number of ether oxygens (including phenoxy) is 1. The minimum atomic E-state index is -3.89. The second kappa shape index (κ2) is 10.2. The smallest absolute Gasteiger partial charge is 0.333 e. The van der Waals surface area contributed by atoms with Gasteiger partial charge in [0.15, 0.2) is 6.04 Å². The molecule has 0 aromatic heterocycles. The minimum Gasteiger partial charge on any atom is -0.467 e. The van der Waals surface area contributed by atoms with Crippen LogP contribution in [0.15, 0.2) is 70.0 Å². The van der Waals surface area contributed by atoms with Crippen LogP contribution >= 0.6 is 27.5 Å². The molecule has 10 heteroatoms. The van der Waals surface area contributed by atoms with Gasteiger partial charge in [0.1, 0.15) is 0 Å². The molecule has 3 aromatic rings. The van der Waals surface area contributed by atoms with Gasteiger partial charge in [0.2, 0.25) is 10.0 Å². The average Bonchev–Trinajstić information content (AvgIpc) is 2.91. The van der Waals surface area contributed by atoms with Crippen LogP contribution in [0.1, 0.15) is 38.7 Å². The van der Waals surface area contributed by atoms with Gasteiger partial charge in [0.25, 0.3) is 5.91 Å². The largest absolute Gasteiger partial charge is 0.467 e. The number of carbonyl (C=O) groups excluding carboxylic acids is 2. The zero-order chi connectivity index (χ0) is 26.3. The zero-order valence-corrected chi connectivity index (χ0v) is 23.1. The molecule has 0 saturated heterocycles. The molecule has 2 heterocycles. The van der Waals surface area contributed by atoms with Crippen molar-refractivity contribution in [1.82, 2.24) is 9.21 Å². The van der Waals surface area contributed by atoms with Crippen molar-refractivity contribution in [3.05, 3.63) is 98.0 Å². The Morgan fingerprint density at radius 1 is 0.973 bits per heavy atom. The molecule has 0 fully saturated rings. The molecule has 0 saturated carbocycles. The van der Waals surface area contributed by atoms with Crippen molar-refractivity contribution in [1.29, 1.82) is 0 Å². The summed E-state index contributed by atoms with van der Waals surface area (Å²) in [4.78, 5) is 28.0. The van der Waals surface area contributed by atoms with Crippen molar-refractivity contribution in [3.63, 3.8) is 0 Å². The Hall–Kier alpha value is -2.72. The summed E-state index contributed by atoms with van der Waals surface area (Å²) < 4.78 is 34.3. The first-order valence-corrected chi connectivity index (χ1v) is 14.4. The van der Waals surface area contributed by atoms with Gasteiger partial charge >= 0.3 is 5.97 Å². The number of fused-ring (bicyclic) bond motifs is 2. The van der Waals surface area contributed by atoms with E-state index in [1.165, 1.54) is 34.5 Å². The van der Waals surface area contributed by atoms with Crippen molar-refractivity contribution in [2.24, 2.45) is 0 Å². The third-order valence-corrected chi connectivity index (χ3v) is 9.59. The van der Waals surface area contributed by atoms with Crippen molar-refractivity contribution in [2.45, 2.75) is 30.3 Å². The number of sulfonamides is 1. The second-order valence-electron chi connectivity index (χ2n) is 9.02. The highest BCUT2D eigenvalue weighted by atomic mass is 79.9. The maximum Gasteiger partial charge on any atom is 0.333 e. The molecule has 1 amide bonds. The van der Waals surface area contributed by atoms with E-state index in [9.17, 15) is 18.0 Å². The lowest BCUT2D eigenvalue weighted by atomic mass is 9.92. The summed E-state index contributed by atoms with van der Waals surface area (Å²) in [5.41, 5.74) is 3.71. The van der Waals surface area contributed by atoms with Crippen LogP contribution in [0.3, 0.4) is 0 Å². The first kappa shape index (κ1) is 25.9. The van der Waals surface area contributed by atoms with Gasteiger partial charge in [0, 0.05) is 24.1 Å². The van der Waals surface area contributed by atoms with Crippen LogP contribution in [0, 0.1) is 0 Å². The Balaban J connectivity index is 1.49. The van der Waals surface area contributed by atoms with E-state index in [0.29, 0.717) is 24.9 Å². The van der Waals surface area contributed by atoms with Crippen LogP contribution in [-0.4, -0.2) is 49.7 Å². The molecule has 0 aliphatic carbocycles. The van der Waals surface area contributed by atoms with Crippen LogP contribution in [0.2, 0.25) is 5.02 Å². The van der Waals surface area contributed by atoms with E-state index in [4.69, 9.17) is 16.3 Å². The van der Waals surface area contributed by atoms with Gasteiger partial charge in [-0.05, 0) is 65.4 Å². The molecule has 192 valence electrons. The highest BCUT2D eigenvalue weighted by molar-refractivity contribution is 9.10. The van der Waals surface area contributed by atoms with Gasteiger partial charge < -0.3 is 9.64 Å². The zero-order valence-electron chi connectivity index (χ0n) is 20.0. The highest BCUT2D eigenvalue weighted by Crippen LogP contribution is 2.35. The quantitative estimate of drug-likeness (QED) is 0.402. The number of carbonyl (C=O) groups is 2. The number of esters is 1. The fourth-order valence-electron chi connectivity index (χ4n) is 4.98. The van der Waals surface area contributed by atoms with Crippen molar-refractivity contribution in [2.75, 3.05) is 20.2 Å². The number of hydrogen-bond donors (Lipinski definition) is 0. The standard InChI is InChI=1S/C27H24BrClN2O5S/c1-36-27(33)25-22-14-20(28)7-6-18(22)11-13-31(25)26(32)23-15-21(8-9-24(23)29)37(34,35)30-12-10-17-4-2-3-5-19(17)16-30/h2-9,14-15,25H,10-13,16H2,1H3. The molecular formula is C27H24BrClN2O5S. The molecular weight excluding hydrogens is 580 g/mol. The van der Waals surface area contributed by atoms with Crippen LogP contribution in [0.25, 0.3) is 0 Å². The summed E-state index contributed by atoms with van der Waals surface area (Å²) in [5.74, 6) is -1.12. The Morgan fingerprint density at radius 3 is 2.46 bits per heavy atom. The number of hydrogen-bond acceptors (Lipinski definition) is 5. The van der Waals surface area contributed by atoms with E-state index in [-0.39, 0.29) is 28.6 Å². The maximum atomic E-state index is 13.8. The summed E-state index contributed by atoms with van der Waals surface area (Å²) in [7, 11) is -2.62. The van der Waals surface area contributed by atoms with Gasteiger partial charge in [-0.2, -0.15) is 4.31 Å². The van der Waals surface area contributed by atoms with Crippen LogP contribution in [-0.2, 0) is 38.9 Å². The molecule has 5 rings (SSSR count). The molecule has 1 atom stereocenters. The highest BCUT2D eigenvalue weighted by Gasteiger charge is 2.38. The summed E-state index contributed by atoms with van der Waals surface area (Å²) >= 11 is 9.85. The lowest BCUT2D eigenvalue weighted by molar-refractivity contribution is -0.146. The average molecular weight is 604 g/mol. The van der Waals surface area contributed by atoms with E-state index in [2.05, 4.69) is 15.9 Å². The van der Waals surface area contributed by atoms with Gasteiger partial charge in [0.05, 0.1) is 22.6 Å². The Bertz CT molecular complexity index is 1510. The molecule has 7 nitrogen and oxygen atoms in total. The third kappa shape index (κ3) is 4.81. The van der Waals surface area contributed by atoms with Crippen molar-refractivity contribution >= 4 is 49.4 Å². The van der Waals surface area contributed by atoms with Gasteiger partial charge in [-0.1, -0.05) is 57.9 Å². The number of rotatable bonds is 4.